The van der Waals surface area contributed by atoms with E-state index in [9.17, 15) is 21.9 Å². The van der Waals surface area contributed by atoms with Crippen molar-refractivity contribution in [1.82, 2.24) is 9.03 Å². The van der Waals surface area contributed by atoms with Crippen LogP contribution in [0.15, 0.2) is 29.2 Å². The van der Waals surface area contributed by atoms with Crippen molar-refractivity contribution in [3.63, 3.8) is 0 Å². The molecule has 0 saturated carbocycles. The van der Waals surface area contributed by atoms with Gasteiger partial charge < -0.3 is 9.84 Å². The Kier molecular flexibility index (Phi) is 7.86. The molecular weight excluding hydrogens is 404 g/mol. The highest BCUT2D eigenvalue weighted by Gasteiger charge is 2.31. The van der Waals surface area contributed by atoms with E-state index in [4.69, 9.17) is 4.74 Å². The zero-order valence-corrected chi connectivity index (χ0v) is 18.2. The van der Waals surface area contributed by atoms with E-state index in [0.29, 0.717) is 12.2 Å². The topological polar surface area (TPSA) is 113 Å². The van der Waals surface area contributed by atoms with Gasteiger partial charge in [-0.05, 0) is 48.9 Å². The van der Waals surface area contributed by atoms with Gasteiger partial charge in [-0.15, -0.1) is 0 Å². The number of hydrogen-bond donors (Lipinski definition) is 2. The number of benzene rings is 1. The molecule has 28 heavy (non-hydrogen) atoms. The smallest absolute Gasteiger partial charge is 0.240 e. The summed E-state index contributed by atoms with van der Waals surface area (Å²) in [5.74, 6) is 0.288. The van der Waals surface area contributed by atoms with Crippen molar-refractivity contribution in [2.45, 2.75) is 37.7 Å². The molecule has 0 unspecified atom stereocenters. The van der Waals surface area contributed by atoms with Crippen LogP contribution in [0.5, 0.6) is 5.75 Å². The first kappa shape index (κ1) is 23.1. The average Bonchev–Trinajstić information content (AvgIpc) is 2.81. The minimum atomic E-state index is -3.73. The molecule has 0 amide bonds. The molecule has 10 heteroatoms. The van der Waals surface area contributed by atoms with Crippen LogP contribution in [0.4, 0.5) is 0 Å². The van der Waals surface area contributed by atoms with Crippen molar-refractivity contribution < 1.29 is 26.7 Å². The van der Waals surface area contributed by atoms with Gasteiger partial charge in [-0.1, -0.05) is 13.8 Å². The highest BCUT2D eigenvalue weighted by atomic mass is 32.2. The van der Waals surface area contributed by atoms with E-state index in [2.05, 4.69) is 4.72 Å². The number of rotatable bonds is 8. The molecule has 8 nitrogen and oxygen atoms in total. The number of aliphatic hydroxyl groups excluding tert-OH is 1. The van der Waals surface area contributed by atoms with Crippen LogP contribution < -0.4 is 9.46 Å². The fourth-order valence-electron chi connectivity index (χ4n) is 3.22. The molecule has 0 bridgehead atoms. The van der Waals surface area contributed by atoms with Crippen molar-refractivity contribution in [1.29, 1.82) is 0 Å². The van der Waals surface area contributed by atoms with Crippen LogP contribution in [0.3, 0.4) is 0 Å². The third kappa shape index (κ3) is 6.15. The highest BCUT2D eigenvalue weighted by molar-refractivity contribution is 7.89. The Morgan fingerprint density at radius 2 is 1.75 bits per heavy atom. The van der Waals surface area contributed by atoms with Crippen molar-refractivity contribution in [3.8, 4) is 5.75 Å². The number of sulfonamides is 2. The fourth-order valence-corrected chi connectivity index (χ4v) is 6.14. The van der Waals surface area contributed by atoms with Crippen LogP contribution in [-0.2, 0) is 20.0 Å². The SMILES string of the molecule is COc1ccc(S(=O)(=O)NC[C@H]2CCN(S(=O)(=O)CC(C)C)CC[C@H]2O)cc1. The fraction of sp³-hybridized carbons (Fsp3) is 0.667. The number of hydrogen-bond acceptors (Lipinski definition) is 6. The summed E-state index contributed by atoms with van der Waals surface area (Å²) in [6.45, 7) is 4.27. The minimum Gasteiger partial charge on any atom is -0.497 e. The molecule has 1 heterocycles. The molecule has 2 atom stereocenters. The van der Waals surface area contributed by atoms with Crippen LogP contribution in [0, 0.1) is 11.8 Å². The second-order valence-electron chi connectivity index (χ2n) is 7.50. The summed E-state index contributed by atoms with van der Waals surface area (Å²) in [4.78, 5) is 0.109. The van der Waals surface area contributed by atoms with E-state index in [-0.39, 0.29) is 48.5 Å². The van der Waals surface area contributed by atoms with Crippen LogP contribution in [-0.4, -0.2) is 64.8 Å². The quantitative estimate of drug-likeness (QED) is 0.632. The predicted octanol–water partition coefficient (Wildman–Crippen LogP) is 1.03. The number of ether oxygens (including phenoxy) is 1. The van der Waals surface area contributed by atoms with Gasteiger partial charge in [0, 0.05) is 19.6 Å². The van der Waals surface area contributed by atoms with E-state index < -0.39 is 26.2 Å². The predicted molar refractivity (Wildman–Crippen MR) is 107 cm³/mol. The second-order valence-corrected chi connectivity index (χ2v) is 11.3. The number of nitrogens with zero attached hydrogens (tertiary/aromatic N) is 1. The van der Waals surface area contributed by atoms with Crippen LogP contribution >= 0.6 is 0 Å². The maximum Gasteiger partial charge on any atom is 0.240 e. The summed E-state index contributed by atoms with van der Waals surface area (Å²) in [5, 5.41) is 10.4. The van der Waals surface area contributed by atoms with Gasteiger partial charge in [0.2, 0.25) is 20.0 Å². The first-order chi connectivity index (χ1) is 13.0. The van der Waals surface area contributed by atoms with Crippen molar-refractivity contribution in [3.05, 3.63) is 24.3 Å². The summed E-state index contributed by atoms with van der Waals surface area (Å²) in [6, 6.07) is 6.02. The summed E-state index contributed by atoms with van der Waals surface area (Å²) >= 11 is 0. The molecule has 1 fully saturated rings. The Labute approximate surface area is 168 Å². The van der Waals surface area contributed by atoms with Gasteiger partial charge in [0.1, 0.15) is 5.75 Å². The Hall–Kier alpha value is -1.20. The lowest BCUT2D eigenvalue weighted by Crippen LogP contribution is -2.36. The Balaban J connectivity index is 2.00. The molecule has 1 aromatic carbocycles. The van der Waals surface area contributed by atoms with Gasteiger partial charge in [-0.25, -0.2) is 25.9 Å². The Morgan fingerprint density at radius 3 is 2.32 bits per heavy atom. The highest BCUT2D eigenvalue weighted by Crippen LogP contribution is 2.22. The molecule has 0 aromatic heterocycles. The van der Waals surface area contributed by atoms with Crippen LogP contribution in [0.1, 0.15) is 26.7 Å². The lowest BCUT2D eigenvalue weighted by Gasteiger charge is -2.21. The average molecular weight is 435 g/mol. The third-order valence-electron chi connectivity index (χ3n) is 4.81. The molecule has 1 aliphatic heterocycles. The number of nitrogens with one attached hydrogen (secondary N) is 1. The summed E-state index contributed by atoms with van der Waals surface area (Å²) in [7, 11) is -5.60. The maximum absolute atomic E-state index is 12.5. The lowest BCUT2D eigenvalue weighted by molar-refractivity contribution is 0.106. The standard InChI is InChI=1S/C18H30N2O6S2/c1-14(2)13-27(22,23)20-10-8-15(18(21)9-11-20)12-19-28(24,25)17-6-4-16(26-3)5-7-17/h4-7,14-15,18-19,21H,8-13H2,1-3H3/t15-,18-/m1/s1. The van der Waals surface area contributed by atoms with Crippen LogP contribution in [0.25, 0.3) is 0 Å². The zero-order chi connectivity index (χ0) is 20.9. The summed E-state index contributed by atoms with van der Waals surface area (Å²) in [6.07, 6.45) is -0.0894. The minimum absolute atomic E-state index is 0.0188. The molecule has 2 rings (SSSR count). The van der Waals surface area contributed by atoms with E-state index in [0.717, 1.165) is 0 Å². The molecule has 0 aliphatic carbocycles. The number of methoxy groups -OCH3 is 1. The van der Waals surface area contributed by atoms with E-state index >= 15 is 0 Å². The normalized spacial score (nSPS) is 22.2. The van der Waals surface area contributed by atoms with E-state index in [1.54, 1.807) is 12.1 Å². The molecule has 1 aromatic rings. The molecule has 1 saturated heterocycles. The largest absolute Gasteiger partial charge is 0.497 e. The van der Waals surface area contributed by atoms with Crippen molar-refractivity contribution in [2.75, 3.05) is 32.5 Å². The van der Waals surface area contributed by atoms with E-state index in [1.165, 1.54) is 23.5 Å². The van der Waals surface area contributed by atoms with Crippen LogP contribution in [0.2, 0.25) is 0 Å². The van der Waals surface area contributed by atoms with Crippen molar-refractivity contribution >= 4 is 20.0 Å². The van der Waals surface area contributed by atoms with Gasteiger partial charge in [-0.3, -0.25) is 0 Å². The van der Waals surface area contributed by atoms with Gasteiger partial charge in [0.15, 0.2) is 0 Å². The summed E-state index contributed by atoms with van der Waals surface area (Å²) in [5.41, 5.74) is 0. The molecule has 0 radical (unpaired) electrons. The first-order valence-electron chi connectivity index (χ1n) is 9.35. The van der Waals surface area contributed by atoms with E-state index in [1.807, 2.05) is 13.8 Å². The first-order valence-corrected chi connectivity index (χ1v) is 12.4. The van der Waals surface area contributed by atoms with Gasteiger partial charge in [0.05, 0.1) is 23.9 Å². The zero-order valence-electron chi connectivity index (χ0n) is 16.5. The van der Waals surface area contributed by atoms with Gasteiger partial charge in [0.25, 0.3) is 0 Å². The Bertz CT molecular complexity index is 837. The number of aliphatic hydroxyl groups is 1. The van der Waals surface area contributed by atoms with Gasteiger partial charge >= 0.3 is 0 Å². The van der Waals surface area contributed by atoms with Crippen molar-refractivity contribution in [2.24, 2.45) is 11.8 Å². The molecule has 1 aliphatic rings. The third-order valence-corrected chi connectivity index (χ3v) is 8.49. The molecule has 2 N–H and O–H groups in total. The molecular formula is C18H30N2O6S2. The summed E-state index contributed by atoms with van der Waals surface area (Å²) < 4.78 is 58.8. The molecule has 160 valence electrons. The van der Waals surface area contributed by atoms with Gasteiger partial charge in [-0.2, -0.15) is 0 Å². The monoisotopic (exact) mass is 434 g/mol. The lowest BCUT2D eigenvalue weighted by atomic mass is 9.98. The molecule has 0 spiro atoms. The second kappa shape index (κ2) is 9.53. The maximum atomic E-state index is 12.5. The Morgan fingerprint density at radius 1 is 1.14 bits per heavy atom.